The van der Waals surface area contributed by atoms with Crippen molar-refractivity contribution in [2.75, 3.05) is 32.7 Å². The molecule has 0 aromatic carbocycles. The van der Waals surface area contributed by atoms with Crippen LogP contribution < -0.4 is 10.6 Å². The van der Waals surface area contributed by atoms with Gasteiger partial charge in [0.15, 0.2) is 0 Å². The summed E-state index contributed by atoms with van der Waals surface area (Å²) >= 11 is 0. The highest BCUT2D eigenvalue weighted by atomic mass is 16.2. The van der Waals surface area contributed by atoms with Crippen LogP contribution in [0.15, 0.2) is 0 Å². The van der Waals surface area contributed by atoms with Crippen molar-refractivity contribution in [2.45, 2.75) is 52.5 Å². The lowest BCUT2D eigenvalue weighted by Gasteiger charge is -2.33. The first-order valence-corrected chi connectivity index (χ1v) is 7.71. The number of nitrogens with one attached hydrogen (secondary N) is 2. The predicted molar refractivity (Wildman–Crippen MR) is 80.2 cm³/mol. The van der Waals surface area contributed by atoms with Crippen LogP contribution in [0.1, 0.15) is 47.0 Å². The highest BCUT2D eigenvalue weighted by molar-refractivity contribution is 5.78. The van der Waals surface area contributed by atoms with Crippen LogP contribution in [0.5, 0.6) is 0 Å². The van der Waals surface area contributed by atoms with E-state index in [9.17, 15) is 4.79 Å². The third-order valence-corrected chi connectivity index (χ3v) is 4.02. The smallest absolute Gasteiger partial charge is 0.234 e. The lowest BCUT2D eigenvalue weighted by molar-refractivity contribution is -0.124. The van der Waals surface area contributed by atoms with Gasteiger partial charge in [0.1, 0.15) is 0 Å². The zero-order chi connectivity index (χ0) is 14.3. The van der Waals surface area contributed by atoms with Crippen LogP contribution in [0.4, 0.5) is 0 Å². The zero-order valence-corrected chi connectivity index (χ0v) is 13.1. The van der Waals surface area contributed by atoms with Gasteiger partial charge in [-0.2, -0.15) is 0 Å². The molecule has 1 rings (SSSR count). The molecule has 0 radical (unpaired) electrons. The number of likely N-dealkylation sites (tertiary alicyclic amines) is 1. The second kappa shape index (κ2) is 7.85. The first-order chi connectivity index (χ1) is 8.96. The monoisotopic (exact) mass is 269 g/mol. The summed E-state index contributed by atoms with van der Waals surface area (Å²) in [5.74, 6) is 0.858. The third kappa shape index (κ3) is 6.39. The predicted octanol–water partition coefficient (Wildman–Crippen LogP) is 1.61. The second-order valence-electron chi connectivity index (χ2n) is 6.34. The number of hydrogen-bond donors (Lipinski definition) is 2. The Morgan fingerprint density at radius 3 is 2.74 bits per heavy atom. The number of hydrogen-bond acceptors (Lipinski definition) is 3. The van der Waals surface area contributed by atoms with E-state index >= 15 is 0 Å². The summed E-state index contributed by atoms with van der Waals surface area (Å²) in [5, 5.41) is 6.53. The second-order valence-corrected chi connectivity index (χ2v) is 6.34. The van der Waals surface area contributed by atoms with E-state index in [0.29, 0.717) is 12.5 Å². The largest absolute Gasteiger partial charge is 0.350 e. The number of rotatable bonds is 7. The molecular weight excluding hydrogens is 238 g/mol. The van der Waals surface area contributed by atoms with E-state index in [4.69, 9.17) is 0 Å². The van der Waals surface area contributed by atoms with Crippen molar-refractivity contribution in [3.63, 3.8) is 0 Å². The molecule has 0 aromatic rings. The van der Waals surface area contributed by atoms with Crippen molar-refractivity contribution in [2.24, 2.45) is 5.92 Å². The minimum Gasteiger partial charge on any atom is -0.350 e. The Bertz CT molecular complexity index is 279. The van der Waals surface area contributed by atoms with Gasteiger partial charge in [-0.05, 0) is 58.7 Å². The first kappa shape index (κ1) is 16.4. The molecule has 0 aromatic heterocycles. The summed E-state index contributed by atoms with van der Waals surface area (Å²) in [7, 11) is 0. The molecule has 4 heteroatoms. The molecule has 0 bridgehead atoms. The number of carbonyl (C=O) groups excluding carboxylic acids is 1. The fourth-order valence-electron chi connectivity index (χ4n) is 2.52. The molecule has 112 valence electrons. The molecule has 0 spiro atoms. The fourth-order valence-corrected chi connectivity index (χ4v) is 2.52. The van der Waals surface area contributed by atoms with Crippen molar-refractivity contribution < 1.29 is 4.79 Å². The average molecular weight is 269 g/mol. The summed E-state index contributed by atoms with van der Waals surface area (Å²) in [4.78, 5) is 14.3. The van der Waals surface area contributed by atoms with E-state index in [1.807, 2.05) is 0 Å². The number of carbonyl (C=O) groups is 1. The van der Waals surface area contributed by atoms with Gasteiger partial charge < -0.3 is 10.6 Å². The van der Waals surface area contributed by atoms with Gasteiger partial charge in [0.25, 0.3) is 0 Å². The Morgan fingerprint density at radius 1 is 1.37 bits per heavy atom. The molecule has 4 nitrogen and oxygen atoms in total. The zero-order valence-electron chi connectivity index (χ0n) is 13.1. The van der Waals surface area contributed by atoms with Gasteiger partial charge in [-0.3, -0.25) is 9.69 Å². The summed E-state index contributed by atoms with van der Waals surface area (Å²) in [6, 6.07) is 0. The molecule has 19 heavy (non-hydrogen) atoms. The molecule has 1 unspecified atom stereocenters. The average Bonchev–Trinajstić information content (AvgIpc) is 2.36. The Kier molecular flexibility index (Phi) is 6.80. The van der Waals surface area contributed by atoms with Crippen LogP contribution in [-0.2, 0) is 4.79 Å². The molecular formula is C15H31N3O. The van der Waals surface area contributed by atoms with E-state index < -0.39 is 0 Å². The third-order valence-electron chi connectivity index (χ3n) is 4.02. The van der Waals surface area contributed by atoms with Crippen LogP contribution in [0.2, 0.25) is 0 Å². The normalized spacial score (nSPS) is 21.4. The molecule has 1 heterocycles. The maximum Gasteiger partial charge on any atom is 0.234 e. The molecule has 1 amide bonds. The van der Waals surface area contributed by atoms with Crippen molar-refractivity contribution >= 4 is 5.91 Å². The number of piperidine rings is 1. The van der Waals surface area contributed by atoms with E-state index in [1.165, 1.54) is 12.8 Å². The summed E-state index contributed by atoms with van der Waals surface area (Å²) < 4.78 is 0. The molecule has 1 fully saturated rings. The topological polar surface area (TPSA) is 44.4 Å². The minimum atomic E-state index is -0.0873. The van der Waals surface area contributed by atoms with Gasteiger partial charge in [0.2, 0.25) is 5.91 Å². The SMILES string of the molecule is CCNCC1CCCN(CC(=O)NC(C)(C)CC)C1. The van der Waals surface area contributed by atoms with Crippen molar-refractivity contribution in [3.8, 4) is 0 Å². The maximum absolute atomic E-state index is 12.0. The van der Waals surface area contributed by atoms with Gasteiger partial charge in [0, 0.05) is 12.1 Å². The van der Waals surface area contributed by atoms with Crippen LogP contribution in [0.3, 0.4) is 0 Å². The van der Waals surface area contributed by atoms with Crippen LogP contribution in [0.25, 0.3) is 0 Å². The van der Waals surface area contributed by atoms with Crippen molar-refractivity contribution in [3.05, 3.63) is 0 Å². The van der Waals surface area contributed by atoms with Crippen LogP contribution in [-0.4, -0.2) is 49.1 Å². The summed E-state index contributed by atoms with van der Waals surface area (Å²) in [5.41, 5.74) is -0.0873. The highest BCUT2D eigenvalue weighted by Crippen LogP contribution is 2.15. The van der Waals surface area contributed by atoms with Gasteiger partial charge in [-0.1, -0.05) is 13.8 Å². The van der Waals surface area contributed by atoms with E-state index in [-0.39, 0.29) is 11.4 Å². The lowest BCUT2D eigenvalue weighted by Crippen LogP contribution is -2.49. The molecule has 1 aliphatic heterocycles. The molecule has 2 N–H and O–H groups in total. The molecule has 1 saturated heterocycles. The first-order valence-electron chi connectivity index (χ1n) is 7.71. The summed E-state index contributed by atoms with van der Waals surface area (Å²) in [6.45, 7) is 13.2. The number of nitrogens with zero attached hydrogens (tertiary/aromatic N) is 1. The van der Waals surface area contributed by atoms with E-state index in [0.717, 1.165) is 32.6 Å². The molecule has 0 saturated carbocycles. The van der Waals surface area contributed by atoms with Gasteiger partial charge in [-0.25, -0.2) is 0 Å². The Labute approximate surface area is 118 Å². The van der Waals surface area contributed by atoms with Crippen molar-refractivity contribution in [1.82, 2.24) is 15.5 Å². The van der Waals surface area contributed by atoms with E-state index in [1.54, 1.807) is 0 Å². The van der Waals surface area contributed by atoms with Gasteiger partial charge in [-0.15, -0.1) is 0 Å². The van der Waals surface area contributed by atoms with Gasteiger partial charge in [0.05, 0.1) is 6.54 Å². The lowest BCUT2D eigenvalue weighted by atomic mass is 9.98. The van der Waals surface area contributed by atoms with Crippen LogP contribution >= 0.6 is 0 Å². The number of amides is 1. The maximum atomic E-state index is 12.0. The molecule has 1 atom stereocenters. The Morgan fingerprint density at radius 2 is 2.11 bits per heavy atom. The Balaban J connectivity index is 2.33. The standard InChI is InChI=1S/C15H31N3O/c1-5-15(3,4)17-14(19)12-18-9-7-8-13(11-18)10-16-6-2/h13,16H,5-12H2,1-4H3,(H,17,19). The highest BCUT2D eigenvalue weighted by Gasteiger charge is 2.23. The quantitative estimate of drug-likeness (QED) is 0.738. The fraction of sp³-hybridized carbons (Fsp3) is 0.933. The molecule has 1 aliphatic rings. The molecule has 0 aliphatic carbocycles. The van der Waals surface area contributed by atoms with Crippen molar-refractivity contribution in [1.29, 1.82) is 0 Å². The Hall–Kier alpha value is -0.610. The van der Waals surface area contributed by atoms with E-state index in [2.05, 4.69) is 43.2 Å². The van der Waals surface area contributed by atoms with Crippen LogP contribution in [0, 0.1) is 5.92 Å². The van der Waals surface area contributed by atoms with Gasteiger partial charge >= 0.3 is 0 Å². The minimum absolute atomic E-state index is 0.0873. The summed E-state index contributed by atoms with van der Waals surface area (Å²) in [6.07, 6.45) is 3.45.